The molecule has 3 aromatic rings. The molecule has 1 heterocycles. The van der Waals surface area contributed by atoms with Gasteiger partial charge in [0.1, 0.15) is 6.04 Å². The van der Waals surface area contributed by atoms with Crippen molar-refractivity contribution < 1.29 is 18.0 Å². The summed E-state index contributed by atoms with van der Waals surface area (Å²) in [4.78, 5) is 27.7. The summed E-state index contributed by atoms with van der Waals surface area (Å²) in [6.07, 6.45) is 0. The van der Waals surface area contributed by atoms with Crippen molar-refractivity contribution in [3.05, 3.63) is 88.4 Å². The van der Waals surface area contributed by atoms with Crippen LogP contribution in [-0.4, -0.2) is 20.2 Å². The van der Waals surface area contributed by atoms with Gasteiger partial charge in [-0.3, -0.25) is 14.5 Å². The van der Waals surface area contributed by atoms with Gasteiger partial charge < -0.3 is 5.32 Å². The molecule has 0 spiro atoms. The molecule has 3 N–H and O–H groups in total. The van der Waals surface area contributed by atoms with Crippen LogP contribution in [0, 0.1) is 0 Å². The Kier molecular flexibility index (Phi) is 5.19. The minimum atomic E-state index is -3.97. The Morgan fingerprint density at radius 3 is 2.30 bits per heavy atom. The van der Waals surface area contributed by atoms with E-state index in [9.17, 15) is 18.0 Å². The first-order chi connectivity index (χ1) is 14.3. The van der Waals surface area contributed by atoms with E-state index in [0.29, 0.717) is 16.8 Å². The largest absolute Gasteiger partial charge is 0.322 e. The smallest absolute Gasteiger partial charge is 0.259 e. The molecule has 1 aliphatic heterocycles. The van der Waals surface area contributed by atoms with Crippen molar-refractivity contribution >= 4 is 49.1 Å². The second-order valence-corrected chi connectivity index (χ2v) is 9.19. The first kappa shape index (κ1) is 20.3. The Bertz CT molecular complexity index is 1250. The number of hydrogen-bond donors (Lipinski definition) is 2. The molecule has 2 amide bonds. The quantitative estimate of drug-likeness (QED) is 0.591. The number of sulfonamides is 1. The van der Waals surface area contributed by atoms with Gasteiger partial charge in [0.05, 0.1) is 16.3 Å². The molecule has 4 rings (SSSR count). The van der Waals surface area contributed by atoms with Crippen molar-refractivity contribution in [1.29, 1.82) is 0 Å². The van der Waals surface area contributed by atoms with Crippen LogP contribution in [0.3, 0.4) is 0 Å². The second kappa shape index (κ2) is 7.67. The van der Waals surface area contributed by atoms with Gasteiger partial charge in [0.15, 0.2) is 0 Å². The van der Waals surface area contributed by atoms with Crippen molar-refractivity contribution in [3.8, 4) is 0 Å². The molecule has 0 aliphatic carbocycles. The van der Waals surface area contributed by atoms with Crippen molar-refractivity contribution in [2.24, 2.45) is 5.14 Å². The molecule has 7 nitrogen and oxygen atoms in total. The number of hydrogen-bond acceptors (Lipinski definition) is 4. The molecule has 0 saturated heterocycles. The maximum absolute atomic E-state index is 13.5. The van der Waals surface area contributed by atoms with Crippen LogP contribution in [0.15, 0.2) is 82.2 Å². The number of carbonyl (C=O) groups excluding carboxylic acids is 2. The maximum Gasteiger partial charge on any atom is 0.259 e. The van der Waals surface area contributed by atoms with E-state index in [2.05, 4.69) is 21.2 Å². The molecule has 9 heteroatoms. The fourth-order valence-corrected chi connectivity index (χ4v) is 4.16. The molecular weight excluding hydrogens is 470 g/mol. The summed E-state index contributed by atoms with van der Waals surface area (Å²) < 4.78 is 24.3. The summed E-state index contributed by atoms with van der Waals surface area (Å²) in [5.74, 6) is -0.846. The third-order valence-electron chi connectivity index (χ3n) is 4.75. The van der Waals surface area contributed by atoms with Crippen molar-refractivity contribution in [1.82, 2.24) is 0 Å². The number of nitrogens with zero attached hydrogens (tertiary/aromatic N) is 1. The van der Waals surface area contributed by atoms with Crippen LogP contribution < -0.4 is 15.4 Å². The Labute approximate surface area is 181 Å². The fraction of sp³-hybridized carbons (Fsp3) is 0.0476. The second-order valence-electron chi connectivity index (χ2n) is 6.71. The highest BCUT2D eigenvalue weighted by atomic mass is 79.9. The average Bonchev–Trinajstić information content (AvgIpc) is 2.72. The highest BCUT2D eigenvalue weighted by molar-refractivity contribution is 9.10. The number of rotatable bonds is 3. The summed E-state index contributed by atoms with van der Waals surface area (Å²) in [5, 5.41) is 7.92. The van der Waals surface area contributed by atoms with E-state index in [1.807, 2.05) is 6.07 Å². The van der Waals surface area contributed by atoms with Crippen LogP contribution >= 0.6 is 15.9 Å². The molecule has 0 aromatic heterocycles. The highest BCUT2D eigenvalue weighted by Crippen LogP contribution is 2.40. The van der Waals surface area contributed by atoms with Gasteiger partial charge in [-0.15, -0.1) is 0 Å². The summed E-state index contributed by atoms with van der Waals surface area (Å²) >= 11 is 3.34. The van der Waals surface area contributed by atoms with E-state index < -0.39 is 27.9 Å². The zero-order chi connectivity index (χ0) is 21.5. The maximum atomic E-state index is 13.5. The fourth-order valence-electron chi connectivity index (χ4n) is 3.35. The number of primary sulfonamides is 1. The molecule has 1 aliphatic rings. The number of fused-ring (bicyclic) bond motifs is 1. The van der Waals surface area contributed by atoms with E-state index in [1.165, 1.54) is 23.1 Å². The van der Waals surface area contributed by atoms with Gasteiger partial charge in [0.2, 0.25) is 10.0 Å². The van der Waals surface area contributed by atoms with Gasteiger partial charge in [0, 0.05) is 10.0 Å². The van der Waals surface area contributed by atoms with Crippen LogP contribution in [0.5, 0.6) is 0 Å². The predicted molar refractivity (Wildman–Crippen MR) is 117 cm³/mol. The third kappa shape index (κ3) is 3.74. The Morgan fingerprint density at radius 2 is 1.67 bits per heavy atom. The van der Waals surface area contributed by atoms with E-state index >= 15 is 0 Å². The van der Waals surface area contributed by atoms with E-state index in [0.717, 1.165) is 4.47 Å². The lowest BCUT2D eigenvalue weighted by Gasteiger charge is -2.37. The monoisotopic (exact) mass is 485 g/mol. The standard InChI is InChI=1S/C21H16BrN3O4S/c22-15-8-6-14(7-9-15)21(27)25-18-11-10-16(30(23,28)29)12-17(18)24-20(26)19(25)13-4-2-1-3-5-13/h1-12,19H,(H,24,26)(H2,23,28,29). The Hall–Kier alpha value is -3.01. The number of benzene rings is 3. The number of halogens is 1. The lowest BCUT2D eigenvalue weighted by Crippen LogP contribution is -2.45. The average molecular weight is 486 g/mol. The number of anilines is 2. The Balaban J connectivity index is 1.90. The van der Waals surface area contributed by atoms with Crippen LogP contribution in [0.1, 0.15) is 22.0 Å². The summed E-state index contributed by atoms with van der Waals surface area (Å²) in [6, 6.07) is 18.8. The van der Waals surface area contributed by atoms with Gasteiger partial charge in [0.25, 0.3) is 11.8 Å². The normalized spacial score (nSPS) is 16.0. The lowest BCUT2D eigenvalue weighted by atomic mass is 9.99. The van der Waals surface area contributed by atoms with Crippen LogP contribution in [-0.2, 0) is 14.8 Å². The predicted octanol–water partition coefficient (Wildman–Crippen LogP) is 3.44. The first-order valence-electron chi connectivity index (χ1n) is 8.87. The van der Waals surface area contributed by atoms with Crippen molar-refractivity contribution in [2.75, 3.05) is 10.2 Å². The number of nitrogens with two attached hydrogens (primary N) is 1. The molecule has 1 atom stereocenters. The molecule has 1 unspecified atom stereocenters. The topological polar surface area (TPSA) is 110 Å². The molecule has 0 saturated carbocycles. The minimum Gasteiger partial charge on any atom is -0.322 e. The molecule has 0 bridgehead atoms. The Morgan fingerprint density at radius 1 is 1.00 bits per heavy atom. The summed E-state index contributed by atoms with van der Waals surface area (Å²) in [5.41, 5.74) is 1.59. The van der Waals surface area contributed by atoms with Crippen molar-refractivity contribution in [2.45, 2.75) is 10.9 Å². The zero-order valence-corrected chi connectivity index (χ0v) is 17.9. The number of carbonyl (C=O) groups is 2. The van der Waals surface area contributed by atoms with Gasteiger partial charge in [-0.25, -0.2) is 13.6 Å². The van der Waals surface area contributed by atoms with Gasteiger partial charge >= 0.3 is 0 Å². The number of nitrogens with one attached hydrogen (secondary N) is 1. The molecule has 152 valence electrons. The lowest BCUT2D eigenvalue weighted by molar-refractivity contribution is -0.117. The van der Waals surface area contributed by atoms with Gasteiger partial charge in [-0.05, 0) is 48.0 Å². The van der Waals surface area contributed by atoms with E-state index in [-0.39, 0.29) is 10.6 Å². The zero-order valence-electron chi connectivity index (χ0n) is 15.4. The van der Waals surface area contributed by atoms with E-state index in [1.54, 1.807) is 48.5 Å². The third-order valence-corrected chi connectivity index (χ3v) is 6.19. The van der Waals surface area contributed by atoms with Crippen LogP contribution in [0.25, 0.3) is 0 Å². The molecule has 3 aromatic carbocycles. The van der Waals surface area contributed by atoms with Gasteiger partial charge in [-0.1, -0.05) is 46.3 Å². The summed E-state index contributed by atoms with van der Waals surface area (Å²) in [6.45, 7) is 0. The first-order valence-corrected chi connectivity index (χ1v) is 11.2. The van der Waals surface area contributed by atoms with Crippen LogP contribution in [0.2, 0.25) is 0 Å². The van der Waals surface area contributed by atoms with E-state index in [4.69, 9.17) is 5.14 Å². The molecule has 30 heavy (non-hydrogen) atoms. The van der Waals surface area contributed by atoms with Crippen LogP contribution in [0.4, 0.5) is 11.4 Å². The van der Waals surface area contributed by atoms with Gasteiger partial charge in [-0.2, -0.15) is 0 Å². The number of amides is 2. The summed E-state index contributed by atoms with van der Waals surface area (Å²) in [7, 11) is -3.97. The van der Waals surface area contributed by atoms with Crippen molar-refractivity contribution in [3.63, 3.8) is 0 Å². The SMILES string of the molecule is NS(=O)(=O)c1ccc2c(c1)NC(=O)C(c1ccccc1)N2C(=O)c1ccc(Br)cc1. The molecule has 0 radical (unpaired) electrons. The minimum absolute atomic E-state index is 0.157. The highest BCUT2D eigenvalue weighted by Gasteiger charge is 2.38. The molecule has 0 fully saturated rings. The molecular formula is C21H16BrN3O4S.